The minimum atomic E-state index is -1.43. The lowest BCUT2D eigenvalue weighted by atomic mass is 9.47. The largest absolute Gasteiger partial charge is 0.412 e. The number of hydrogen-bond donors (Lipinski definition) is 1. The average Bonchev–Trinajstić information content (AvgIpc) is 2.59. The second kappa shape index (κ2) is 6.50. The molecule has 7 nitrogen and oxygen atoms in total. The van der Waals surface area contributed by atoms with E-state index in [4.69, 9.17) is 5.73 Å². The number of likely N-dealkylation sites (N-methyl/N-ethyl adjacent to an activating group) is 1. The number of allylic oxidation sites excluding steroid dienone is 2. The van der Waals surface area contributed by atoms with E-state index in [0.29, 0.717) is 5.57 Å². The minimum Gasteiger partial charge on any atom is -0.412 e. The van der Waals surface area contributed by atoms with Gasteiger partial charge in [-0.2, -0.15) is 15.8 Å². The van der Waals surface area contributed by atoms with Gasteiger partial charge in [0, 0.05) is 24.4 Å². The van der Waals surface area contributed by atoms with Crippen LogP contribution < -0.4 is 5.73 Å². The molecular weight excluding hydrogens is 316 g/mol. The molecule has 4 N–H and O–H groups in total. The van der Waals surface area contributed by atoms with Gasteiger partial charge in [-0.1, -0.05) is 6.08 Å². The number of hydrogen-bond acceptors (Lipinski definition) is 6. The predicted molar refractivity (Wildman–Crippen MR) is 92.3 cm³/mol. The maximum atomic E-state index is 10.0. The highest BCUT2D eigenvalue weighted by Crippen LogP contribution is 2.61. The smallest absolute Gasteiger partial charge is 0.190 e. The van der Waals surface area contributed by atoms with Gasteiger partial charge in [-0.25, -0.2) is 0 Å². The van der Waals surface area contributed by atoms with E-state index < -0.39 is 10.8 Å². The van der Waals surface area contributed by atoms with Gasteiger partial charge in [0.2, 0.25) is 0 Å². The Kier molecular flexibility index (Phi) is 4.93. The molecule has 1 unspecified atom stereocenters. The summed E-state index contributed by atoms with van der Waals surface area (Å²) in [7, 11) is 4.09. The molecule has 2 heterocycles. The number of nitrogens with zero attached hydrogens (tertiary/aromatic N) is 5. The minimum absolute atomic E-state index is 0. The first kappa shape index (κ1) is 19.0. The summed E-state index contributed by atoms with van der Waals surface area (Å²) >= 11 is 0. The number of rotatable bonds is 0. The van der Waals surface area contributed by atoms with Gasteiger partial charge in [0.15, 0.2) is 5.41 Å². The molecule has 0 bridgehead atoms. The predicted octanol–water partition coefficient (Wildman–Crippen LogP) is 0.145. The Hall–Kier alpha value is -2.37. The average molecular weight is 340 g/mol. The lowest BCUT2D eigenvalue weighted by molar-refractivity contribution is -0.00138. The van der Waals surface area contributed by atoms with Gasteiger partial charge >= 0.3 is 0 Å². The molecule has 1 aliphatic carbocycles. The van der Waals surface area contributed by atoms with Gasteiger partial charge in [0.25, 0.3) is 0 Å². The molecule has 1 atom stereocenters. The van der Waals surface area contributed by atoms with Gasteiger partial charge in [0.1, 0.15) is 6.07 Å². The Bertz CT molecular complexity index is 725. The van der Waals surface area contributed by atoms with E-state index in [9.17, 15) is 15.8 Å². The van der Waals surface area contributed by atoms with E-state index in [1.54, 1.807) is 0 Å². The lowest BCUT2D eigenvalue weighted by Crippen LogP contribution is -2.59. The van der Waals surface area contributed by atoms with Gasteiger partial charge in [-0.05, 0) is 45.6 Å². The molecule has 3 rings (SSSR count). The topological polar surface area (TPSA) is 135 Å². The molecule has 1 spiro atoms. The molecule has 0 radical (unpaired) electrons. The number of piperidine rings is 1. The van der Waals surface area contributed by atoms with Crippen molar-refractivity contribution >= 4 is 0 Å². The Morgan fingerprint density at radius 1 is 1.12 bits per heavy atom. The van der Waals surface area contributed by atoms with Crippen molar-refractivity contribution < 1.29 is 5.48 Å². The van der Waals surface area contributed by atoms with Crippen molar-refractivity contribution in [3.63, 3.8) is 0 Å². The van der Waals surface area contributed by atoms with Crippen molar-refractivity contribution in [2.45, 2.75) is 12.8 Å². The van der Waals surface area contributed by atoms with Crippen LogP contribution in [0.25, 0.3) is 0 Å². The standard InChI is InChI=1S/C18H22N6.H2O/c1-23-7-4-17(5-8-23)15-10-24(2)6-3-13(15)14(9-19)16(22)18(17,11-20)12-21;/h3,15H,4-8,10,22H2,1-2H3;1H2. The van der Waals surface area contributed by atoms with Crippen LogP contribution >= 0.6 is 0 Å². The second-order valence-electron chi connectivity index (χ2n) is 7.27. The third-order valence-corrected chi connectivity index (χ3v) is 6.19. The van der Waals surface area contributed by atoms with Gasteiger partial charge in [0.05, 0.1) is 23.4 Å². The molecule has 0 aromatic carbocycles. The number of nitrogens with two attached hydrogens (primary N) is 1. The van der Waals surface area contributed by atoms with E-state index in [1.807, 2.05) is 7.05 Å². The summed E-state index contributed by atoms with van der Waals surface area (Å²) in [5, 5.41) is 29.7. The summed E-state index contributed by atoms with van der Waals surface area (Å²) in [5.74, 6) is -0.00815. The Morgan fingerprint density at radius 2 is 1.72 bits per heavy atom. The molecule has 132 valence electrons. The molecule has 1 saturated heterocycles. The van der Waals surface area contributed by atoms with Crippen molar-refractivity contribution in [3.8, 4) is 18.2 Å². The van der Waals surface area contributed by atoms with Crippen LogP contribution in [0.1, 0.15) is 12.8 Å². The second-order valence-corrected chi connectivity index (χ2v) is 7.27. The molecule has 0 saturated carbocycles. The highest BCUT2D eigenvalue weighted by molar-refractivity contribution is 5.58. The van der Waals surface area contributed by atoms with Crippen LogP contribution in [0.3, 0.4) is 0 Å². The normalized spacial score (nSPS) is 28.0. The SMILES string of the molecule is CN1CCC2(CC1)C1CN(C)CC=C1C(C#N)=C(N)C2(C#N)C#N.O. The van der Waals surface area contributed by atoms with E-state index in [0.717, 1.165) is 44.6 Å². The first-order chi connectivity index (χ1) is 11.5. The van der Waals surface area contributed by atoms with E-state index >= 15 is 0 Å². The molecular formula is C18H24N6O. The van der Waals surface area contributed by atoms with Gasteiger partial charge in [-0.15, -0.1) is 0 Å². The van der Waals surface area contributed by atoms with Crippen LogP contribution in [0.5, 0.6) is 0 Å². The maximum absolute atomic E-state index is 10.0. The lowest BCUT2D eigenvalue weighted by Gasteiger charge is -2.56. The summed E-state index contributed by atoms with van der Waals surface area (Å²) < 4.78 is 0. The molecule has 2 aliphatic heterocycles. The van der Waals surface area contributed by atoms with Gasteiger partial charge < -0.3 is 21.0 Å². The quantitative estimate of drug-likeness (QED) is 0.666. The fourth-order valence-electron chi connectivity index (χ4n) is 4.74. The van der Waals surface area contributed by atoms with E-state index in [1.165, 1.54) is 0 Å². The Balaban J connectivity index is 0.00000225. The van der Waals surface area contributed by atoms with Crippen LogP contribution in [-0.2, 0) is 0 Å². The molecule has 0 aromatic rings. The molecule has 1 fully saturated rings. The first-order valence-corrected chi connectivity index (χ1v) is 8.26. The summed E-state index contributed by atoms with van der Waals surface area (Å²) in [5.41, 5.74) is 5.80. The van der Waals surface area contributed by atoms with Crippen LogP contribution in [0.15, 0.2) is 22.9 Å². The Labute approximate surface area is 148 Å². The van der Waals surface area contributed by atoms with Crippen LogP contribution in [0, 0.1) is 50.7 Å². The highest BCUT2D eigenvalue weighted by atomic mass is 16.0. The molecule has 7 heteroatoms. The van der Waals surface area contributed by atoms with Gasteiger partial charge in [-0.3, -0.25) is 0 Å². The number of nitriles is 3. The van der Waals surface area contributed by atoms with Crippen LogP contribution in [0.2, 0.25) is 0 Å². The Morgan fingerprint density at radius 3 is 2.24 bits per heavy atom. The summed E-state index contributed by atoms with van der Waals surface area (Å²) in [6.07, 6.45) is 3.53. The van der Waals surface area contributed by atoms with Crippen LogP contribution in [-0.4, -0.2) is 55.6 Å². The zero-order chi connectivity index (χ0) is 17.5. The third kappa shape index (κ3) is 2.34. The molecule has 0 aromatic heterocycles. The molecule has 25 heavy (non-hydrogen) atoms. The fraction of sp³-hybridized carbons (Fsp3) is 0.611. The van der Waals surface area contributed by atoms with Crippen molar-refractivity contribution in [2.24, 2.45) is 22.5 Å². The monoisotopic (exact) mass is 340 g/mol. The van der Waals surface area contributed by atoms with E-state index in [2.05, 4.69) is 41.1 Å². The van der Waals surface area contributed by atoms with E-state index in [-0.39, 0.29) is 17.1 Å². The summed E-state index contributed by atoms with van der Waals surface area (Å²) in [6, 6.07) is 6.67. The first-order valence-electron chi connectivity index (χ1n) is 8.26. The van der Waals surface area contributed by atoms with Crippen molar-refractivity contribution in [1.82, 2.24) is 9.80 Å². The molecule has 0 amide bonds. The third-order valence-electron chi connectivity index (χ3n) is 6.19. The van der Waals surface area contributed by atoms with Crippen molar-refractivity contribution in [3.05, 3.63) is 22.9 Å². The molecule has 3 aliphatic rings. The zero-order valence-electron chi connectivity index (χ0n) is 14.7. The maximum Gasteiger partial charge on any atom is 0.190 e. The van der Waals surface area contributed by atoms with Crippen LogP contribution in [0.4, 0.5) is 0 Å². The summed E-state index contributed by atoms with van der Waals surface area (Å²) in [4.78, 5) is 4.41. The van der Waals surface area contributed by atoms with Crippen molar-refractivity contribution in [1.29, 1.82) is 15.8 Å². The zero-order valence-corrected chi connectivity index (χ0v) is 14.7. The highest BCUT2D eigenvalue weighted by Gasteiger charge is 2.63. The number of fused-ring (bicyclic) bond motifs is 2. The fourth-order valence-corrected chi connectivity index (χ4v) is 4.74. The number of likely N-dealkylation sites (tertiary alicyclic amines) is 1. The summed E-state index contributed by atoms with van der Waals surface area (Å²) in [6.45, 7) is 3.16. The van der Waals surface area contributed by atoms with Crippen molar-refractivity contribution in [2.75, 3.05) is 40.3 Å².